The zero-order valence-electron chi connectivity index (χ0n) is 18.4. The van der Waals surface area contributed by atoms with Crippen molar-refractivity contribution in [1.82, 2.24) is 14.9 Å². The van der Waals surface area contributed by atoms with Crippen LogP contribution in [0.2, 0.25) is 0 Å². The van der Waals surface area contributed by atoms with Gasteiger partial charge in [-0.2, -0.15) is 4.98 Å². The molecule has 3 aromatic rings. The Morgan fingerprint density at radius 2 is 1.82 bits per heavy atom. The third-order valence-electron chi connectivity index (χ3n) is 6.12. The van der Waals surface area contributed by atoms with Crippen LogP contribution in [-0.2, 0) is 10.0 Å². The number of sulfonamides is 1. The van der Waals surface area contributed by atoms with Gasteiger partial charge >= 0.3 is 0 Å². The lowest BCUT2D eigenvalue weighted by Gasteiger charge is -2.24. The van der Waals surface area contributed by atoms with Crippen molar-refractivity contribution in [2.45, 2.75) is 37.6 Å². The van der Waals surface area contributed by atoms with E-state index in [4.69, 9.17) is 4.74 Å². The van der Waals surface area contributed by atoms with Crippen LogP contribution in [0.5, 0.6) is 5.88 Å². The maximum Gasteiger partial charge on any atom is 0.264 e. The van der Waals surface area contributed by atoms with E-state index in [-0.39, 0.29) is 35.3 Å². The number of anilines is 1. The standard InChI is InChI=1S/C24H24N4O4S/c1-15-6-3-7-16(2)22(15)20-13-21-26-24(25-20)27-33(30,31)19-10-4-8-17(12-19)23(29)28-11-5-9-18(28)14-32-21/h3-4,6-8,10,12-13,18H,5,9,11,14H2,1-2H3,(H,25,26,27). The predicted octanol–water partition coefficient (Wildman–Crippen LogP) is 3.56. The average molecular weight is 465 g/mol. The minimum absolute atomic E-state index is 0.0214. The summed E-state index contributed by atoms with van der Waals surface area (Å²) in [6.45, 7) is 4.82. The number of hydrogen-bond donors (Lipinski definition) is 1. The highest BCUT2D eigenvalue weighted by Gasteiger charge is 2.31. The lowest BCUT2D eigenvalue weighted by atomic mass is 10.00. The SMILES string of the molecule is Cc1cccc(C)c1-c1cc2nc(n1)NS(=O)(=O)c1cccc(c1)C(=O)N1CCCC1CO2. The summed E-state index contributed by atoms with van der Waals surface area (Å²) in [5.41, 5.74) is 3.80. The number of fused-ring (bicyclic) bond motifs is 5. The van der Waals surface area contributed by atoms with Crippen molar-refractivity contribution >= 4 is 21.9 Å². The summed E-state index contributed by atoms with van der Waals surface area (Å²) in [4.78, 5) is 23.7. The average Bonchev–Trinajstić information content (AvgIpc) is 3.25. The fourth-order valence-corrected chi connectivity index (χ4v) is 5.48. The molecule has 1 amide bonds. The molecule has 1 saturated heterocycles. The van der Waals surface area contributed by atoms with E-state index in [1.165, 1.54) is 12.1 Å². The number of carbonyl (C=O) groups excluding carboxylic acids is 1. The molecular weight excluding hydrogens is 440 g/mol. The van der Waals surface area contributed by atoms with Crippen LogP contribution < -0.4 is 9.46 Å². The van der Waals surface area contributed by atoms with Gasteiger partial charge < -0.3 is 9.64 Å². The molecule has 2 aromatic carbocycles. The van der Waals surface area contributed by atoms with E-state index in [0.29, 0.717) is 17.8 Å². The first-order valence-electron chi connectivity index (χ1n) is 10.8. The number of amides is 1. The molecule has 0 saturated carbocycles. The van der Waals surface area contributed by atoms with Gasteiger partial charge in [0.2, 0.25) is 11.8 Å². The number of aromatic nitrogens is 2. The molecule has 8 nitrogen and oxygen atoms in total. The van der Waals surface area contributed by atoms with E-state index in [1.807, 2.05) is 32.0 Å². The Kier molecular flexibility index (Phi) is 5.28. The van der Waals surface area contributed by atoms with Crippen LogP contribution in [0.3, 0.4) is 0 Å². The predicted molar refractivity (Wildman–Crippen MR) is 124 cm³/mol. The second kappa shape index (κ2) is 8.15. The van der Waals surface area contributed by atoms with Gasteiger partial charge in [0.1, 0.15) is 6.61 Å². The molecule has 33 heavy (non-hydrogen) atoms. The van der Waals surface area contributed by atoms with Crippen molar-refractivity contribution in [2.75, 3.05) is 17.9 Å². The first-order chi connectivity index (χ1) is 15.8. The van der Waals surface area contributed by atoms with Crippen LogP contribution in [0.4, 0.5) is 5.95 Å². The van der Waals surface area contributed by atoms with Gasteiger partial charge in [0, 0.05) is 23.7 Å². The van der Waals surface area contributed by atoms with Crippen LogP contribution in [0.1, 0.15) is 34.3 Å². The number of nitrogens with one attached hydrogen (secondary N) is 1. The second-order valence-electron chi connectivity index (χ2n) is 8.42. The minimum atomic E-state index is -4.02. The van der Waals surface area contributed by atoms with Crippen LogP contribution in [0.15, 0.2) is 53.4 Å². The van der Waals surface area contributed by atoms with E-state index in [0.717, 1.165) is 29.5 Å². The molecule has 0 spiro atoms. The number of hydrogen-bond acceptors (Lipinski definition) is 6. The Morgan fingerprint density at radius 3 is 2.61 bits per heavy atom. The van der Waals surface area contributed by atoms with Crippen molar-refractivity contribution < 1.29 is 17.9 Å². The molecule has 1 fully saturated rings. The third kappa shape index (κ3) is 4.04. The van der Waals surface area contributed by atoms with Gasteiger partial charge in [0.05, 0.1) is 16.6 Å². The van der Waals surface area contributed by atoms with E-state index in [2.05, 4.69) is 14.7 Å². The highest BCUT2D eigenvalue weighted by molar-refractivity contribution is 7.92. The van der Waals surface area contributed by atoms with Crippen LogP contribution in [-0.4, -0.2) is 48.4 Å². The molecule has 2 aliphatic rings. The van der Waals surface area contributed by atoms with Crippen LogP contribution in [0.25, 0.3) is 11.3 Å². The highest BCUT2D eigenvalue weighted by atomic mass is 32.2. The van der Waals surface area contributed by atoms with Crippen molar-refractivity contribution in [3.63, 3.8) is 0 Å². The van der Waals surface area contributed by atoms with Crippen molar-refractivity contribution in [3.8, 4) is 17.1 Å². The van der Waals surface area contributed by atoms with Gasteiger partial charge in [0.25, 0.3) is 15.9 Å². The molecule has 2 aliphatic heterocycles. The van der Waals surface area contributed by atoms with Gasteiger partial charge in [0.15, 0.2) is 0 Å². The number of ether oxygens (including phenoxy) is 1. The van der Waals surface area contributed by atoms with E-state index < -0.39 is 10.0 Å². The topological polar surface area (TPSA) is 101 Å². The molecule has 9 heteroatoms. The largest absolute Gasteiger partial charge is 0.475 e. The zero-order chi connectivity index (χ0) is 23.2. The summed E-state index contributed by atoms with van der Waals surface area (Å²) in [6.07, 6.45) is 1.67. The number of rotatable bonds is 1. The van der Waals surface area contributed by atoms with Gasteiger partial charge in [-0.25, -0.2) is 18.1 Å². The molecule has 3 heterocycles. The zero-order valence-corrected chi connectivity index (χ0v) is 19.2. The number of carbonyl (C=O) groups is 1. The normalized spacial score (nSPS) is 19.4. The summed E-state index contributed by atoms with van der Waals surface area (Å²) in [6, 6.07) is 13.6. The second-order valence-corrected chi connectivity index (χ2v) is 10.1. The minimum Gasteiger partial charge on any atom is -0.475 e. The Balaban J connectivity index is 1.66. The smallest absolute Gasteiger partial charge is 0.264 e. The first kappa shape index (κ1) is 21.4. The van der Waals surface area contributed by atoms with Crippen LogP contribution in [0, 0.1) is 13.8 Å². The number of aryl methyl sites for hydroxylation is 2. The molecular formula is C24H24N4O4S. The molecule has 0 radical (unpaired) electrons. The Labute approximate surface area is 192 Å². The quantitative estimate of drug-likeness (QED) is 0.591. The van der Waals surface area contributed by atoms with Gasteiger partial charge in [-0.15, -0.1) is 0 Å². The van der Waals surface area contributed by atoms with Crippen molar-refractivity contribution in [1.29, 1.82) is 0 Å². The summed E-state index contributed by atoms with van der Waals surface area (Å²) in [5.74, 6) is -0.0265. The summed E-state index contributed by atoms with van der Waals surface area (Å²) in [5, 5.41) is 0. The highest BCUT2D eigenvalue weighted by Crippen LogP contribution is 2.30. The maximum absolute atomic E-state index is 13.1. The fourth-order valence-electron chi connectivity index (χ4n) is 4.49. The number of nitrogens with zero attached hydrogens (tertiary/aromatic N) is 3. The maximum atomic E-state index is 13.1. The lowest BCUT2D eigenvalue weighted by molar-refractivity contribution is 0.0689. The summed E-state index contributed by atoms with van der Waals surface area (Å²) in [7, 11) is -4.02. The molecule has 1 N–H and O–H groups in total. The third-order valence-corrected chi connectivity index (χ3v) is 7.44. The van der Waals surface area contributed by atoms with E-state index >= 15 is 0 Å². The molecule has 4 bridgehead atoms. The van der Waals surface area contributed by atoms with Gasteiger partial charge in [-0.3, -0.25) is 4.79 Å². The van der Waals surface area contributed by atoms with E-state index in [1.54, 1.807) is 23.1 Å². The van der Waals surface area contributed by atoms with Crippen molar-refractivity contribution in [3.05, 3.63) is 65.2 Å². The molecule has 5 rings (SSSR count). The molecule has 170 valence electrons. The Morgan fingerprint density at radius 1 is 1.06 bits per heavy atom. The molecule has 0 aliphatic carbocycles. The lowest BCUT2D eigenvalue weighted by Crippen LogP contribution is -2.39. The van der Waals surface area contributed by atoms with Gasteiger partial charge in [-0.05, 0) is 56.0 Å². The fraction of sp³-hybridized carbons (Fsp3) is 0.292. The first-order valence-corrected chi connectivity index (χ1v) is 12.3. The molecule has 1 unspecified atom stereocenters. The van der Waals surface area contributed by atoms with E-state index in [9.17, 15) is 13.2 Å². The summed E-state index contributed by atoms with van der Waals surface area (Å²) >= 11 is 0. The van der Waals surface area contributed by atoms with Gasteiger partial charge in [-0.1, -0.05) is 24.3 Å². The molecule has 1 atom stereocenters. The molecule has 1 aromatic heterocycles. The monoisotopic (exact) mass is 464 g/mol. The Hall–Kier alpha value is -3.46. The Bertz CT molecular complexity index is 1340. The van der Waals surface area contributed by atoms with Crippen LogP contribution >= 0.6 is 0 Å². The van der Waals surface area contributed by atoms with Crippen molar-refractivity contribution in [2.24, 2.45) is 0 Å². The number of benzene rings is 2. The summed E-state index contributed by atoms with van der Waals surface area (Å²) < 4.78 is 34.7.